The molecule has 0 fully saturated rings. The topological polar surface area (TPSA) is 15.7 Å². The van der Waals surface area contributed by atoms with Crippen molar-refractivity contribution in [1.82, 2.24) is 10.1 Å². The number of hydrogen-bond acceptors (Lipinski definition) is 5. The summed E-state index contributed by atoms with van der Waals surface area (Å²) in [6.45, 7) is 0. The Balaban J connectivity index is 1.80. The van der Waals surface area contributed by atoms with Crippen molar-refractivity contribution in [2.75, 3.05) is 11.8 Å². The van der Waals surface area contributed by atoms with E-state index in [1.54, 1.807) is 33.7 Å². The Labute approximate surface area is 74.0 Å². The third kappa shape index (κ3) is 1.85. The van der Waals surface area contributed by atoms with Crippen LogP contribution in [0, 0.1) is 0 Å². The molecule has 0 bridgehead atoms. The van der Waals surface area contributed by atoms with Crippen molar-refractivity contribution in [3.63, 3.8) is 0 Å². The average Bonchev–Trinajstić information content (AvgIpc) is 2.60. The van der Waals surface area contributed by atoms with E-state index in [1.807, 2.05) is 23.2 Å². The lowest BCUT2D eigenvalue weighted by atomic mass is 11.0. The maximum atomic E-state index is 5.42. The summed E-state index contributed by atoms with van der Waals surface area (Å²) in [4.78, 5) is 5.42. The minimum atomic E-state index is 0.884. The molecule has 0 aliphatic carbocycles. The van der Waals surface area contributed by atoms with Crippen LogP contribution in [0.15, 0.2) is 23.2 Å². The quantitative estimate of drug-likeness (QED) is 0.654. The van der Waals surface area contributed by atoms with Crippen LogP contribution < -0.4 is 0 Å². The summed E-state index contributed by atoms with van der Waals surface area (Å²) in [5, 5.41) is 7.65. The SMILES string of the molecule is C1=CN(ON2C=CSC2)CS1. The van der Waals surface area contributed by atoms with E-state index >= 15 is 0 Å². The van der Waals surface area contributed by atoms with Crippen LogP contribution in [-0.4, -0.2) is 21.9 Å². The van der Waals surface area contributed by atoms with Gasteiger partial charge in [0.1, 0.15) is 0 Å². The van der Waals surface area contributed by atoms with Gasteiger partial charge < -0.3 is 0 Å². The van der Waals surface area contributed by atoms with E-state index in [2.05, 4.69) is 0 Å². The molecule has 3 nitrogen and oxygen atoms in total. The summed E-state index contributed by atoms with van der Waals surface area (Å²) in [5.74, 6) is 1.77. The molecular weight excluding hydrogens is 180 g/mol. The Bertz CT molecular complexity index is 175. The van der Waals surface area contributed by atoms with Gasteiger partial charge in [0.05, 0.1) is 11.8 Å². The zero-order chi connectivity index (χ0) is 7.52. The highest BCUT2D eigenvalue weighted by atomic mass is 32.2. The summed E-state index contributed by atoms with van der Waals surface area (Å²) in [5.41, 5.74) is 0. The Kier molecular flexibility index (Phi) is 2.30. The van der Waals surface area contributed by atoms with Gasteiger partial charge in [0, 0.05) is 12.4 Å². The molecule has 0 N–H and O–H groups in total. The fraction of sp³-hybridized carbons (Fsp3) is 0.333. The second kappa shape index (κ2) is 3.42. The van der Waals surface area contributed by atoms with Gasteiger partial charge in [-0.2, -0.15) is 4.94 Å². The fourth-order valence-electron chi connectivity index (χ4n) is 0.777. The molecule has 0 spiro atoms. The van der Waals surface area contributed by atoms with Crippen molar-refractivity contribution in [3.8, 4) is 0 Å². The molecule has 5 heteroatoms. The van der Waals surface area contributed by atoms with Gasteiger partial charge in [-0.1, -0.05) is 0 Å². The van der Waals surface area contributed by atoms with Gasteiger partial charge in [0.2, 0.25) is 0 Å². The maximum absolute atomic E-state index is 5.42. The van der Waals surface area contributed by atoms with Gasteiger partial charge in [-0.05, 0) is 10.8 Å². The second-order valence-electron chi connectivity index (χ2n) is 2.08. The Morgan fingerprint density at radius 1 is 1.00 bits per heavy atom. The normalized spacial score (nSPS) is 22.2. The predicted octanol–water partition coefficient (Wildman–Crippen LogP) is 1.79. The molecule has 0 atom stereocenters. The summed E-state index contributed by atoms with van der Waals surface area (Å²) >= 11 is 3.46. The van der Waals surface area contributed by atoms with E-state index in [4.69, 9.17) is 4.94 Å². The third-order valence-corrected chi connectivity index (χ3v) is 2.70. The molecule has 2 rings (SSSR count). The molecule has 0 saturated heterocycles. The fourth-order valence-corrected chi connectivity index (χ4v) is 1.95. The first-order valence-electron chi connectivity index (χ1n) is 3.23. The van der Waals surface area contributed by atoms with Crippen LogP contribution in [0.25, 0.3) is 0 Å². The average molecular weight is 188 g/mol. The zero-order valence-corrected chi connectivity index (χ0v) is 7.48. The second-order valence-corrected chi connectivity index (χ2v) is 3.81. The van der Waals surface area contributed by atoms with E-state index < -0.39 is 0 Å². The molecule has 0 radical (unpaired) electrons. The number of thioether (sulfide) groups is 2. The molecule has 60 valence electrons. The van der Waals surface area contributed by atoms with Crippen molar-refractivity contribution in [2.45, 2.75) is 0 Å². The van der Waals surface area contributed by atoms with Crippen molar-refractivity contribution >= 4 is 23.5 Å². The zero-order valence-electron chi connectivity index (χ0n) is 5.84. The highest BCUT2D eigenvalue weighted by Gasteiger charge is 2.11. The Hall–Kier alpha value is -0.260. The van der Waals surface area contributed by atoms with Crippen LogP contribution in [-0.2, 0) is 4.94 Å². The van der Waals surface area contributed by atoms with Gasteiger partial charge in [-0.25, -0.2) is 10.1 Å². The van der Waals surface area contributed by atoms with Gasteiger partial charge in [-0.15, -0.1) is 23.5 Å². The molecule has 2 heterocycles. The van der Waals surface area contributed by atoms with Crippen LogP contribution in [0.2, 0.25) is 0 Å². The van der Waals surface area contributed by atoms with Crippen LogP contribution in [0.1, 0.15) is 0 Å². The molecule has 2 aliphatic heterocycles. The molecule has 0 aromatic carbocycles. The van der Waals surface area contributed by atoms with Gasteiger partial charge >= 0.3 is 0 Å². The number of nitrogens with zero attached hydrogens (tertiary/aromatic N) is 2. The van der Waals surface area contributed by atoms with E-state index in [-0.39, 0.29) is 0 Å². The first kappa shape index (κ1) is 7.39. The van der Waals surface area contributed by atoms with Gasteiger partial charge in [-0.3, -0.25) is 0 Å². The highest BCUT2D eigenvalue weighted by Crippen LogP contribution is 2.20. The maximum Gasteiger partial charge on any atom is 0.0968 e. The van der Waals surface area contributed by atoms with Crippen molar-refractivity contribution in [2.24, 2.45) is 0 Å². The largest absolute Gasteiger partial charge is 0.226 e. The molecule has 0 saturated carbocycles. The highest BCUT2D eigenvalue weighted by molar-refractivity contribution is 8.02. The van der Waals surface area contributed by atoms with E-state index in [0.29, 0.717) is 0 Å². The Morgan fingerprint density at radius 2 is 1.55 bits per heavy atom. The lowest BCUT2D eigenvalue weighted by molar-refractivity contribution is -0.261. The molecule has 2 aliphatic rings. The smallest absolute Gasteiger partial charge is 0.0968 e. The number of hydroxylamine groups is 4. The van der Waals surface area contributed by atoms with Crippen LogP contribution in [0.4, 0.5) is 0 Å². The predicted molar refractivity (Wildman–Crippen MR) is 48.0 cm³/mol. The minimum absolute atomic E-state index is 0.884. The summed E-state index contributed by atoms with van der Waals surface area (Å²) in [6.07, 6.45) is 3.86. The molecule has 0 unspecified atom stereocenters. The lowest BCUT2D eigenvalue weighted by Gasteiger charge is -2.20. The standard InChI is InChI=1S/C6H8N2OS2/c1-3-10-5-7(1)9-8-2-4-11-6-8/h1-4H,5-6H2. The van der Waals surface area contributed by atoms with E-state index in [0.717, 1.165) is 11.8 Å². The molecule has 0 aromatic heterocycles. The van der Waals surface area contributed by atoms with Crippen LogP contribution in [0.3, 0.4) is 0 Å². The van der Waals surface area contributed by atoms with Gasteiger partial charge in [0.25, 0.3) is 0 Å². The third-order valence-electron chi connectivity index (χ3n) is 1.26. The summed E-state index contributed by atoms with van der Waals surface area (Å²) in [7, 11) is 0. The number of rotatable bonds is 2. The van der Waals surface area contributed by atoms with Gasteiger partial charge in [0.15, 0.2) is 0 Å². The van der Waals surface area contributed by atoms with Crippen LogP contribution >= 0.6 is 23.5 Å². The summed E-state index contributed by atoms with van der Waals surface area (Å²) in [6, 6.07) is 0. The first-order chi connectivity index (χ1) is 5.45. The van der Waals surface area contributed by atoms with E-state index in [9.17, 15) is 0 Å². The molecule has 11 heavy (non-hydrogen) atoms. The summed E-state index contributed by atoms with van der Waals surface area (Å²) < 4.78 is 0. The molecule has 0 amide bonds. The molecular formula is C6H8N2OS2. The first-order valence-corrected chi connectivity index (χ1v) is 5.33. The minimum Gasteiger partial charge on any atom is -0.226 e. The number of hydrogen-bond donors (Lipinski definition) is 0. The van der Waals surface area contributed by atoms with Crippen molar-refractivity contribution in [3.05, 3.63) is 23.2 Å². The van der Waals surface area contributed by atoms with Crippen molar-refractivity contribution < 1.29 is 4.94 Å². The van der Waals surface area contributed by atoms with Crippen LogP contribution in [0.5, 0.6) is 0 Å². The Morgan fingerprint density at radius 3 is 1.91 bits per heavy atom. The monoisotopic (exact) mass is 188 g/mol. The van der Waals surface area contributed by atoms with Crippen molar-refractivity contribution in [1.29, 1.82) is 0 Å². The molecule has 0 aromatic rings. The lowest BCUT2D eigenvalue weighted by Crippen LogP contribution is -2.25. The van der Waals surface area contributed by atoms with E-state index in [1.165, 1.54) is 0 Å².